The minimum Gasteiger partial charge on any atom is -0.494 e. The van der Waals surface area contributed by atoms with Gasteiger partial charge in [0.2, 0.25) is 0 Å². The van der Waals surface area contributed by atoms with Crippen molar-refractivity contribution in [3.05, 3.63) is 69.6 Å². The van der Waals surface area contributed by atoms with Crippen molar-refractivity contribution in [3.63, 3.8) is 0 Å². The van der Waals surface area contributed by atoms with E-state index in [4.69, 9.17) is 28.6 Å². The molecule has 8 heteroatoms. The van der Waals surface area contributed by atoms with Gasteiger partial charge in [-0.25, -0.2) is 0 Å². The molecule has 1 N–H and O–H groups in total. The Hall–Kier alpha value is -2.35. The Balaban J connectivity index is 1.53. The number of hydrogen-bond acceptors (Lipinski definition) is 5. The summed E-state index contributed by atoms with van der Waals surface area (Å²) in [6.07, 6.45) is 9.09. The van der Waals surface area contributed by atoms with Crippen LogP contribution in [0.2, 0.25) is 5.02 Å². The Morgan fingerprint density at radius 1 is 1.09 bits per heavy atom. The molecular formula is C25H27ClN2O3S2. The van der Waals surface area contributed by atoms with E-state index >= 15 is 0 Å². The summed E-state index contributed by atoms with van der Waals surface area (Å²) < 4.78 is 6.06. The van der Waals surface area contributed by atoms with Crippen molar-refractivity contribution in [3.8, 4) is 5.75 Å². The Kier molecular flexibility index (Phi) is 9.78. The lowest BCUT2D eigenvalue weighted by Crippen LogP contribution is -2.44. The van der Waals surface area contributed by atoms with E-state index < -0.39 is 5.91 Å². The van der Waals surface area contributed by atoms with E-state index in [1.54, 1.807) is 30.3 Å². The summed E-state index contributed by atoms with van der Waals surface area (Å²) >= 11 is 12.5. The molecule has 0 aromatic heterocycles. The SMILES string of the molecule is CCCCCCCCOc1ccc(C=C2SC(=S)N(NC(=O)c3ccccc3Cl)C2=O)cc1. The van der Waals surface area contributed by atoms with Crippen LogP contribution >= 0.6 is 35.6 Å². The molecule has 1 aliphatic rings. The number of thioether (sulfide) groups is 1. The topological polar surface area (TPSA) is 58.6 Å². The molecule has 0 saturated carbocycles. The molecule has 1 saturated heterocycles. The van der Waals surface area contributed by atoms with E-state index in [1.165, 1.54) is 32.1 Å². The van der Waals surface area contributed by atoms with Gasteiger partial charge in [0.15, 0.2) is 4.32 Å². The second-order valence-corrected chi connectivity index (χ2v) is 9.71. The second kappa shape index (κ2) is 12.8. The number of hydrazine groups is 1. The fourth-order valence-electron chi connectivity index (χ4n) is 3.26. The van der Waals surface area contributed by atoms with Crippen LogP contribution in [0.4, 0.5) is 0 Å². The van der Waals surface area contributed by atoms with Crippen LogP contribution in [0.25, 0.3) is 6.08 Å². The largest absolute Gasteiger partial charge is 0.494 e. The molecule has 1 fully saturated rings. The summed E-state index contributed by atoms with van der Waals surface area (Å²) in [4.78, 5) is 25.7. The molecule has 33 heavy (non-hydrogen) atoms. The molecule has 0 spiro atoms. The maximum atomic E-state index is 12.8. The van der Waals surface area contributed by atoms with Gasteiger partial charge >= 0.3 is 0 Å². The number of rotatable bonds is 11. The number of halogens is 1. The third kappa shape index (κ3) is 7.32. The summed E-state index contributed by atoms with van der Waals surface area (Å²) in [7, 11) is 0. The first-order chi connectivity index (χ1) is 16.0. The molecule has 3 rings (SSSR count). The van der Waals surface area contributed by atoms with E-state index in [0.717, 1.165) is 34.5 Å². The minimum atomic E-state index is -0.495. The maximum absolute atomic E-state index is 12.8. The third-order valence-electron chi connectivity index (χ3n) is 5.07. The molecule has 0 atom stereocenters. The molecule has 0 aliphatic carbocycles. The van der Waals surface area contributed by atoms with Crippen molar-refractivity contribution in [2.45, 2.75) is 45.4 Å². The van der Waals surface area contributed by atoms with E-state index in [9.17, 15) is 9.59 Å². The lowest BCUT2D eigenvalue weighted by atomic mass is 10.1. The first kappa shape index (κ1) is 25.3. The third-order valence-corrected chi connectivity index (χ3v) is 6.70. The van der Waals surface area contributed by atoms with Crippen molar-refractivity contribution in [1.82, 2.24) is 10.4 Å². The molecular weight excluding hydrogens is 476 g/mol. The summed E-state index contributed by atoms with van der Waals surface area (Å²) in [5.74, 6) is -0.0703. The summed E-state index contributed by atoms with van der Waals surface area (Å²) in [5.41, 5.74) is 3.66. The van der Waals surface area contributed by atoms with Crippen molar-refractivity contribution in [2.75, 3.05) is 6.61 Å². The van der Waals surface area contributed by atoms with Gasteiger partial charge in [-0.15, -0.1) is 0 Å². The molecule has 1 heterocycles. The zero-order valence-electron chi connectivity index (χ0n) is 18.5. The normalized spacial score (nSPS) is 14.7. The Bertz CT molecular complexity index is 1020. The average molecular weight is 503 g/mol. The predicted octanol–water partition coefficient (Wildman–Crippen LogP) is 6.63. The summed E-state index contributed by atoms with van der Waals surface area (Å²) in [6, 6.07) is 14.2. The predicted molar refractivity (Wildman–Crippen MR) is 139 cm³/mol. The van der Waals surface area contributed by atoms with Gasteiger partial charge in [-0.05, 0) is 54.5 Å². The Labute approximate surface area is 209 Å². The molecule has 0 radical (unpaired) electrons. The van der Waals surface area contributed by atoms with Crippen LogP contribution in [0, 0.1) is 0 Å². The lowest BCUT2D eigenvalue weighted by Gasteiger charge is -2.16. The van der Waals surface area contributed by atoms with Crippen LogP contribution < -0.4 is 10.2 Å². The van der Waals surface area contributed by atoms with Gasteiger partial charge < -0.3 is 4.74 Å². The van der Waals surface area contributed by atoms with Crippen LogP contribution in [0.3, 0.4) is 0 Å². The molecule has 174 valence electrons. The number of benzene rings is 2. The number of nitrogens with one attached hydrogen (secondary N) is 1. The highest BCUT2D eigenvalue weighted by Gasteiger charge is 2.34. The van der Waals surface area contributed by atoms with E-state index in [0.29, 0.717) is 16.5 Å². The smallest absolute Gasteiger partial charge is 0.285 e. The molecule has 1 aliphatic heterocycles. The molecule has 2 amide bonds. The molecule has 2 aromatic rings. The van der Waals surface area contributed by atoms with Crippen LogP contribution in [0.15, 0.2) is 53.4 Å². The van der Waals surface area contributed by atoms with Crippen LogP contribution in [0.1, 0.15) is 61.4 Å². The van der Waals surface area contributed by atoms with Gasteiger partial charge in [-0.3, -0.25) is 15.0 Å². The van der Waals surface area contributed by atoms with Gasteiger partial charge in [0, 0.05) is 0 Å². The Morgan fingerprint density at radius 2 is 1.79 bits per heavy atom. The maximum Gasteiger partial charge on any atom is 0.285 e. The summed E-state index contributed by atoms with van der Waals surface area (Å²) in [5, 5.41) is 1.38. The first-order valence-electron chi connectivity index (χ1n) is 11.1. The molecule has 2 aromatic carbocycles. The van der Waals surface area contributed by atoms with E-state index in [2.05, 4.69) is 12.3 Å². The second-order valence-electron chi connectivity index (χ2n) is 7.62. The van der Waals surface area contributed by atoms with Crippen molar-refractivity contribution < 1.29 is 14.3 Å². The zero-order chi connectivity index (χ0) is 23.6. The van der Waals surface area contributed by atoms with Gasteiger partial charge in [0.1, 0.15) is 5.75 Å². The molecule has 0 bridgehead atoms. The van der Waals surface area contributed by atoms with E-state index in [-0.39, 0.29) is 15.8 Å². The highest BCUT2D eigenvalue weighted by Crippen LogP contribution is 2.32. The molecule has 0 unspecified atom stereocenters. The van der Waals surface area contributed by atoms with Crippen LogP contribution in [0.5, 0.6) is 5.75 Å². The van der Waals surface area contributed by atoms with Crippen LogP contribution in [-0.2, 0) is 4.79 Å². The highest BCUT2D eigenvalue weighted by molar-refractivity contribution is 8.26. The minimum absolute atomic E-state index is 0.255. The lowest BCUT2D eigenvalue weighted by molar-refractivity contribution is -0.123. The van der Waals surface area contributed by atoms with Gasteiger partial charge in [0.05, 0.1) is 22.1 Å². The van der Waals surface area contributed by atoms with Gasteiger partial charge in [-0.1, -0.05) is 86.7 Å². The Morgan fingerprint density at radius 3 is 2.52 bits per heavy atom. The fourth-order valence-corrected chi connectivity index (χ4v) is 4.66. The number of carbonyl (C=O) groups excluding carboxylic acids is 2. The highest BCUT2D eigenvalue weighted by atomic mass is 35.5. The van der Waals surface area contributed by atoms with E-state index in [1.807, 2.05) is 24.3 Å². The number of ether oxygens (including phenoxy) is 1. The number of thiocarbonyl (C=S) groups is 1. The monoisotopic (exact) mass is 502 g/mol. The quantitative estimate of drug-likeness (QED) is 0.212. The van der Waals surface area contributed by atoms with Crippen molar-refractivity contribution >= 4 is 57.8 Å². The first-order valence-corrected chi connectivity index (χ1v) is 12.7. The zero-order valence-corrected chi connectivity index (χ0v) is 20.9. The van der Waals surface area contributed by atoms with Crippen molar-refractivity contribution in [1.29, 1.82) is 0 Å². The fraction of sp³-hybridized carbons (Fsp3) is 0.320. The molecule has 5 nitrogen and oxygen atoms in total. The number of hydrogen-bond donors (Lipinski definition) is 1. The van der Waals surface area contributed by atoms with Crippen LogP contribution in [-0.4, -0.2) is 27.8 Å². The van der Waals surface area contributed by atoms with Gasteiger partial charge in [0.25, 0.3) is 11.8 Å². The standard InChI is InChI=1S/C25H27ClN2O3S2/c1-2-3-4-5-6-9-16-31-19-14-12-18(13-15-19)17-22-24(30)28(25(32)33-22)27-23(29)20-10-7-8-11-21(20)26/h7-8,10-15,17H,2-6,9,16H2,1H3,(H,27,29). The number of carbonyl (C=O) groups is 2. The van der Waals surface area contributed by atoms with Crippen molar-refractivity contribution in [2.24, 2.45) is 0 Å². The summed E-state index contributed by atoms with van der Waals surface area (Å²) in [6.45, 7) is 2.92. The number of unbranched alkanes of at least 4 members (excludes halogenated alkanes) is 5. The number of amides is 2. The average Bonchev–Trinajstić information content (AvgIpc) is 3.07. The van der Waals surface area contributed by atoms with Gasteiger partial charge in [-0.2, -0.15) is 5.01 Å². The number of nitrogens with zero attached hydrogens (tertiary/aromatic N) is 1.